The Balaban J connectivity index is 1.28. The number of hydrogen-bond acceptors (Lipinski definition) is 6. The minimum absolute atomic E-state index is 0.0274. The van der Waals surface area contributed by atoms with Gasteiger partial charge in [0.2, 0.25) is 17.7 Å². The minimum atomic E-state index is -1.75. The van der Waals surface area contributed by atoms with Crippen LogP contribution >= 0.6 is 0 Å². The zero-order valence-electron chi connectivity index (χ0n) is 27.3. The molecule has 51 heavy (non-hydrogen) atoms. The van der Waals surface area contributed by atoms with Crippen LogP contribution in [0.2, 0.25) is 0 Å². The van der Waals surface area contributed by atoms with E-state index in [0.29, 0.717) is 5.56 Å². The number of carboxylic acid groups (broad SMARTS) is 2. The highest BCUT2D eigenvalue weighted by atomic mass is 16.4. The Labute approximate surface area is 290 Å². The highest BCUT2D eigenvalue weighted by molar-refractivity contribution is 5.96. The lowest BCUT2D eigenvalue weighted by atomic mass is 10.0. The summed E-state index contributed by atoms with van der Waals surface area (Å²) < 4.78 is 0. The zero-order valence-corrected chi connectivity index (χ0v) is 27.3. The third-order valence-electron chi connectivity index (χ3n) is 8.91. The van der Waals surface area contributed by atoms with E-state index >= 15 is 0 Å². The van der Waals surface area contributed by atoms with E-state index in [4.69, 9.17) is 5.73 Å². The molecule has 6 rings (SSSR count). The van der Waals surface area contributed by atoms with E-state index in [1.807, 2.05) is 72.8 Å². The summed E-state index contributed by atoms with van der Waals surface area (Å²) in [7, 11) is 0. The monoisotopic (exact) mass is 691 g/mol. The van der Waals surface area contributed by atoms with Gasteiger partial charge in [-0.3, -0.25) is 19.2 Å². The summed E-state index contributed by atoms with van der Waals surface area (Å²) in [5, 5.41) is 29.2. The Kier molecular flexibility index (Phi) is 10.1. The molecule has 0 fully saturated rings. The lowest BCUT2D eigenvalue weighted by molar-refractivity contribution is -0.147. The van der Waals surface area contributed by atoms with Gasteiger partial charge in [-0.05, 0) is 41.3 Å². The first kappa shape index (κ1) is 34.5. The minimum Gasteiger partial charge on any atom is -0.481 e. The Hall–Kier alpha value is -6.41. The zero-order chi connectivity index (χ0) is 36.1. The van der Waals surface area contributed by atoms with Gasteiger partial charge in [-0.2, -0.15) is 0 Å². The molecule has 0 aliphatic heterocycles. The number of carbonyl (C=O) groups excluding carboxylic acids is 3. The van der Waals surface area contributed by atoms with Crippen LogP contribution in [0.25, 0.3) is 32.7 Å². The van der Waals surface area contributed by atoms with Crippen molar-refractivity contribution in [3.63, 3.8) is 0 Å². The first-order chi connectivity index (χ1) is 24.6. The first-order valence-corrected chi connectivity index (χ1v) is 16.3. The van der Waals surface area contributed by atoms with Gasteiger partial charge in [0, 0.05) is 64.1 Å². The number of amides is 3. The fraction of sp³-hybridized carbons (Fsp3) is 0.216. The van der Waals surface area contributed by atoms with Crippen molar-refractivity contribution in [1.29, 1.82) is 0 Å². The van der Waals surface area contributed by atoms with E-state index in [9.17, 15) is 34.2 Å². The van der Waals surface area contributed by atoms with Gasteiger partial charge in [-0.1, -0.05) is 54.6 Å². The fourth-order valence-electron chi connectivity index (χ4n) is 6.29. The van der Waals surface area contributed by atoms with Crippen LogP contribution in [0.3, 0.4) is 0 Å². The fourth-order valence-corrected chi connectivity index (χ4v) is 6.29. The second kappa shape index (κ2) is 15.0. The lowest BCUT2D eigenvalue weighted by Gasteiger charge is -2.25. The molecule has 14 heteroatoms. The molecule has 0 aliphatic rings. The summed E-state index contributed by atoms with van der Waals surface area (Å²) in [4.78, 5) is 74.1. The molecule has 0 aliphatic carbocycles. The molecule has 3 aromatic carbocycles. The van der Waals surface area contributed by atoms with Crippen LogP contribution in [-0.2, 0) is 43.2 Å². The molecule has 3 amide bonds. The standard InChI is InChI=1S/C37H37N7O7/c38-26(13-20-17-39-27-10-4-1-7-23(20)27)34(47)42-30(14-21-18-40-28-11-5-2-8-24(21)28)35(48)43-31(36(49)44-32(37(50)51)16-33(45)46)15-22-19-41-29-12-6-3-9-25(22)29/h1-12,17-19,26,30-32,39-41H,13-16,38H2,(H,42,47)(H,43,48)(H,44,49)(H,45,46)(H,50,51). The predicted octanol–water partition coefficient (Wildman–Crippen LogP) is 2.50. The van der Waals surface area contributed by atoms with Crippen LogP contribution in [0.15, 0.2) is 91.4 Å². The number of carbonyl (C=O) groups is 5. The quantitative estimate of drug-likeness (QED) is 0.0774. The molecule has 3 heterocycles. The van der Waals surface area contributed by atoms with E-state index in [1.165, 1.54) is 0 Å². The van der Waals surface area contributed by atoms with Crippen molar-refractivity contribution in [2.75, 3.05) is 0 Å². The summed E-state index contributed by atoms with van der Waals surface area (Å²) in [5.41, 5.74) is 11.1. The molecule has 0 saturated heterocycles. The molecule has 262 valence electrons. The van der Waals surface area contributed by atoms with E-state index in [0.717, 1.165) is 43.8 Å². The lowest BCUT2D eigenvalue weighted by Crippen LogP contribution is -2.58. The number of para-hydroxylation sites is 3. The van der Waals surface area contributed by atoms with Crippen LogP contribution in [0.4, 0.5) is 0 Å². The summed E-state index contributed by atoms with van der Waals surface area (Å²) in [5.74, 6) is -5.19. The van der Waals surface area contributed by atoms with Crippen molar-refractivity contribution in [3.05, 3.63) is 108 Å². The largest absolute Gasteiger partial charge is 0.481 e. The molecular formula is C37H37N7O7. The number of carboxylic acids is 2. The van der Waals surface area contributed by atoms with Crippen LogP contribution in [-0.4, -0.2) is 79.0 Å². The molecule has 0 radical (unpaired) electrons. The Morgan fingerprint density at radius 2 is 0.922 bits per heavy atom. The number of hydrogen-bond donors (Lipinski definition) is 9. The Morgan fingerprint density at radius 1 is 0.549 bits per heavy atom. The van der Waals surface area contributed by atoms with E-state index in [-0.39, 0.29) is 19.3 Å². The Bertz CT molecular complexity index is 2240. The number of H-pyrrole nitrogens is 3. The number of aliphatic carboxylic acids is 2. The van der Waals surface area contributed by atoms with Crippen molar-refractivity contribution in [3.8, 4) is 0 Å². The van der Waals surface area contributed by atoms with Crippen molar-refractivity contribution in [1.82, 2.24) is 30.9 Å². The van der Waals surface area contributed by atoms with Gasteiger partial charge < -0.3 is 46.8 Å². The summed E-state index contributed by atoms with van der Waals surface area (Å²) in [6.45, 7) is 0. The molecule has 6 aromatic rings. The summed E-state index contributed by atoms with van der Waals surface area (Å²) in [6.07, 6.45) is 4.47. The van der Waals surface area contributed by atoms with Gasteiger partial charge in [0.25, 0.3) is 0 Å². The van der Waals surface area contributed by atoms with Crippen molar-refractivity contribution >= 4 is 62.4 Å². The van der Waals surface area contributed by atoms with Crippen molar-refractivity contribution in [2.24, 2.45) is 5.73 Å². The molecule has 3 aromatic heterocycles. The number of benzene rings is 3. The summed E-state index contributed by atoms with van der Waals surface area (Å²) in [6, 6.07) is 17.1. The first-order valence-electron chi connectivity index (χ1n) is 16.3. The third-order valence-corrected chi connectivity index (χ3v) is 8.91. The number of fused-ring (bicyclic) bond motifs is 3. The number of nitrogens with one attached hydrogen (secondary N) is 6. The highest BCUT2D eigenvalue weighted by Gasteiger charge is 2.32. The summed E-state index contributed by atoms with van der Waals surface area (Å²) >= 11 is 0. The molecule has 0 bridgehead atoms. The number of nitrogens with two attached hydrogens (primary N) is 1. The predicted molar refractivity (Wildman–Crippen MR) is 190 cm³/mol. The molecule has 4 unspecified atom stereocenters. The maximum atomic E-state index is 14.2. The normalized spacial score (nSPS) is 13.7. The average Bonchev–Trinajstić information content (AvgIpc) is 3.84. The van der Waals surface area contributed by atoms with Gasteiger partial charge in [-0.25, -0.2) is 4.79 Å². The van der Waals surface area contributed by atoms with Crippen LogP contribution in [0.1, 0.15) is 23.1 Å². The van der Waals surface area contributed by atoms with Crippen molar-refractivity contribution < 1.29 is 34.2 Å². The molecular weight excluding hydrogens is 654 g/mol. The Morgan fingerprint density at radius 3 is 1.33 bits per heavy atom. The van der Waals surface area contributed by atoms with Crippen LogP contribution in [0, 0.1) is 0 Å². The van der Waals surface area contributed by atoms with Gasteiger partial charge in [-0.15, -0.1) is 0 Å². The third kappa shape index (κ3) is 7.92. The van der Waals surface area contributed by atoms with E-state index in [2.05, 4.69) is 30.9 Å². The van der Waals surface area contributed by atoms with Crippen LogP contribution < -0.4 is 21.7 Å². The maximum Gasteiger partial charge on any atom is 0.326 e. The smallest absolute Gasteiger partial charge is 0.326 e. The topological polar surface area (TPSA) is 235 Å². The van der Waals surface area contributed by atoms with E-state index < -0.39 is 60.2 Å². The van der Waals surface area contributed by atoms with Crippen LogP contribution in [0.5, 0.6) is 0 Å². The molecule has 4 atom stereocenters. The highest BCUT2D eigenvalue weighted by Crippen LogP contribution is 2.22. The molecule has 10 N–H and O–H groups in total. The van der Waals surface area contributed by atoms with Gasteiger partial charge in [0.1, 0.15) is 18.1 Å². The SMILES string of the molecule is NC(Cc1c[nH]c2ccccc12)C(=O)NC(Cc1c[nH]c2ccccc12)C(=O)NC(Cc1c[nH]c2ccccc12)C(=O)NC(CC(=O)O)C(=O)O. The molecule has 14 nitrogen and oxygen atoms in total. The van der Waals surface area contributed by atoms with Crippen molar-refractivity contribution in [2.45, 2.75) is 49.9 Å². The van der Waals surface area contributed by atoms with E-state index in [1.54, 1.807) is 18.6 Å². The maximum absolute atomic E-state index is 14.2. The number of rotatable bonds is 15. The molecule has 0 spiro atoms. The average molecular weight is 692 g/mol. The second-order valence-corrected chi connectivity index (χ2v) is 12.4. The van der Waals surface area contributed by atoms with Gasteiger partial charge in [0.15, 0.2) is 0 Å². The number of aromatic nitrogens is 3. The molecule has 0 saturated carbocycles. The van der Waals surface area contributed by atoms with Gasteiger partial charge in [0.05, 0.1) is 12.5 Å². The number of aromatic amines is 3. The van der Waals surface area contributed by atoms with Gasteiger partial charge >= 0.3 is 11.9 Å². The second-order valence-electron chi connectivity index (χ2n) is 12.4.